The number of hydrogen-bond donors (Lipinski definition) is 1. The largest absolute Gasteiger partial charge is 0.486 e. The quantitative estimate of drug-likeness (QED) is 0.890. The maximum Gasteiger partial charge on any atom is 0.251 e. The van der Waals surface area contributed by atoms with E-state index in [1.54, 1.807) is 18.2 Å². The number of hydrogen-bond acceptors (Lipinski definition) is 5. The van der Waals surface area contributed by atoms with E-state index in [4.69, 9.17) is 30.5 Å². The molecule has 4 rings (SSSR count). The summed E-state index contributed by atoms with van der Waals surface area (Å²) >= 11 is 6.23. The molecule has 2 aromatic carbocycles. The minimum Gasteiger partial charge on any atom is -0.486 e. The lowest BCUT2D eigenvalue weighted by molar-refractivity contribution is 0.0953. The summed E-state index contributed by atoms with van der Waals surface area (Å²) in [4.78, 5) is 12.3. The number of amides is 1. The van der Waals surface area contributed by atoms with Crippen molar-refractivity contribution in [1.29, 1.82) is 0 Å². The molecule has 1 N–H and O–H groups in total. The summed E-state index contributed by atoms with van der Waals surface area (Å²) in [5, 5.41) is 3.43. The van der Waals surface area contributed by atoms with Crippen LogP contribution < -0.4 is 24.3 Å². The highest BCUT2D eigenvalue weighted by atomic mass is 35.5. The molecule has 7 heteroatoms. The predicted molar refractivity (Wildman–Crippen MR) is 95.9 cm³/mol. The number of carbonyl (C=O) groups is 1. The summed E-state index contributed by atoms with van der Waals surface area (Å²) in [6.45, 7) is 2.49. The summed E-state index contributed by atoms with van der Waals surface area (Å²) in [5.74, 6) is 2.34. The smallest absolute Gasteiger partial charge is 0.251 e. The third-order valence-corrected chi connectivity index (χ3v) is 4.44. The first-order valence-electron chi connectivity index (χ1n) is 8.46. The highest BCUT2D eigenvalue weighted by Gasteiger charge is 2.17. The van der Waals surface area contributed by atoms with E-state index in [1.807, 2.05) is 12.1 Å². The topological polar surface area (TPSA) is 66.0 Å². The first kappa shape index (κ1) is 16.8. The maximum atomic E-state index is 12.3. The lowest BCUT2D eigenvalue weighted by Crippen LogP contribution is -2.26. The molecule has 0 atom stereocenters. The molecule has 0 aromatic heterocycles. The second kappa shape index (κ2) is 7.33. The first-order chi connectivity index (χ1) is 12.7. The van der Waals surface area contributed by atoms with E-state index in [0.29, 0.717) is 73.0 Å². The molecule has 0 saturated heterocycles. The van der Waals surface area contributed by atoms with Gasteiger partial charge in [-0.3, -0.25) is 4.79 Å². The number of carbonyl (C=O) groups excluding carboxylic acids is 1. The van der Waals surface area contributed by atoms with E-state index in [0.717, 1.165) is 5.56 Å². The molecule has 26 heavy (non-hydrogen) atoms. The van der Waals surface area contributed by atoms with Gasteiger partial charge < -0.3 is 24.3 Å². The second-order valence-electron chi connectivity index (χ2n) is 5.97. The summed E-state index contributed by atoms with van der Waals surface area (Å²) in [6.07, 6.45) is 0.632. The summed E-state index contributed by atoms with van der Waals surface area (Å²) in [7, 11) is 0. The van der Waals surface area contributed by atoms with Gasteiger partial charge in [0, 0.05) is 12.1 Å². The predicted octanol–water partition coefficient (Wildman–Crippen LogP) is 2.85. The molecule has 0 aliphatic carbocycles. The number of benzene rings is 2. The van der Waals surface area contributed by atoms with Crippen LogP contribution in [0.15, 0.2) is 30.3 Å². The van der Waals surface area contributed by atoms with Crippen molar-refractivity contribution in [2.24, 2.45) is 0 Å². The minimum absolute atomic E-state index is 0.161. The lowest BCUT2D eigenvalue weighted by Gasteiger charge is -2.20. The van der Waals surface area contributed by atoms with Crippen LogP contribution in [0.3, 0.4) is 0 Å². The molecular formula is C19H18ClNO5. The Morgan fingerprint density at radius 1 is 0.923 bits per heavy atom. The van der Waals surface area contributed by atoms with Crippen molar-refractivity contribution in [3.8, 4) is 23.0 Å². The highest BCUT2D eigenvalue weighted by Crippen LogP contribution is 2.38. The SMILES string of the molecule is O=C(NCCc1cc(Cl)c2c(c1)OCCO2)c1ccc2c(c1)OCCO2. The molecule has 2 aromatic rings. The zero-order chi connectivity index (χ0) is 17.9. The van der Waals surface area contributed by atoms with Gasteiger partial charge in [-0.05, 0) is 42.3 Å². The van der Waals surface area contributed by atoms with Crippen molar-refractivity contribution in [2.45, 2.75) is 6.42 Å². The van der Waals surface area contributed by atoms with Crippen molar-refractivity contribution in [2.75, 3.05) is 33.0 Å². The fourth-order valence-corrected chi connectivity index (χ4v) is 3.20. The van der Waals surface area contributed by atoms with E-state index in [1.165, 1.54) is 0 Å². The lowest BCUT2D eigenvalue weighted by atomic mass is 10.1. The van der Waals surface area contributed by atoms with Crippen molar-refractivity contribution in [3.63, 3.8) is 0 Å². The third-order valence-electron chi connectivity index (χ3n) is 4.16. The van der Waals surface area contributed by atoms with Gasteiger partial charge in [-0.2, -0.15) is 0 Å². The van der Waals surface area contributed by atoms with Gasteiger partial charge >= 0.3 is 0 Å². The number of halogens is 1. The Morgan fingerprint density at radius 2 is 1.65 bits per heavy atom. The fraction of sp³-hybridized carbons (Fsp3) is 0.316. The van der Waals surface area contributed by atoms with Crippen molar-refractivity contribution in [3.05, 3.63) is 46.5 Å². The van der Waals surface area contributed by atoms with Crippen LogP contribution >= 0.6 is 11.6 Å². The molecule has 6 nitrogen and oxygen atoms in total. The standard InChI is InChI=1S/C19H18ClNO5/c20-14-9-12(10-17-18(14)26-8-7-25-17)3-4-21-19(22)13-1-2-15-16(11-13)24-6-5-23-15/h1-2,9-11H,3-8H2,(H,21,22). The Morgan fingerprint density at radius 3 is 2.50 bits per heavy atom. The number of ether oxygens (including phenoxy) is 4. The van der Waals surface area contributed by atoms with Crippen molar-refractivity contribution in [1.82, 2.24) is 5.32 Å². The fourth-order valence-electron chi connectivity index (χ4n) is 2.92. The summed E-state index contributed by atoms with van der Waals surface area (Å²) in [6, 6.07) is 8.92. The average molecular weight is 376 g/mol. The van der Waals surface area contributed by atoms with Crippen LogP contribution in [0.5, 0.6) is 23.0 Å². The van der Waals surface area contributed by atoms with E-state index >= 15 is 0 Å². The average Bonchev–Trinajstić information content (AvgIpc) is 2.67. The van der Waals surface area contributed by atoms with Crippen LogP contribution in [0.2, 0.25) is 5.02 Å². The molecule has 2 aliphatic rings. The van der Waals surface area contributed by atoms with Gasteiger partial charge in [0.05, 0.1) is 5.02 Å². The number of fused-ring (bicyclic) bond motifs is 2. The Labute approximate surface area is 156 Å². The van der Waals surface area contributed by atoms with Crippen LogP contribution in [0.25, 0.3) is 0 Å². The Balaban J connectivity index is 1.37. The maximum absolute atomic E-state index is 12.3. The summed E-state index contributed by atoms with van der Waals surface area (Å²) in [5.41, 5.74) is 1.51. The molecule has 1 amide bonds. The number of nitrogens with one attached hydrogen (secondary N) is 1. The second-order valence-corrected chi connectivity index (χ2v) is 6.37. The normalized spacial score (nSPS) is 14.7. The van der Waals surface area contributed by atoms with Crippen LogP contribution in [-0.2, 0) is 6.42 Å². The van der Waals surface area contributed by atoms with Gasteiger partial charge in [-0.15, -0.1) is 0 Å². The minimum atomic E-state index is -0.161. The van der Waals surface area contributed by atoms with Gasteiger partial charge in [0.25, 0.3) is 5.91 Å². The monoisotopic (exact) mass is 375 g/mol. The van der Waals surface area contributed by atoms with Crippen LogP contribution in [0.1, 0.15) is 15.9 Å². The van der Waals surface area contributed by atoms with Gasteiger partial charge in [0.2, 0.25) is 0 Å². The van der Waals surface area contributed by atoms with E-state index in [2.05, 4.69) is 5.32 Å². The molecular weight excluding hydrogens is 358 g/mol. The van der Waals surface area contributed by atoms with Crippen LogP contribution in [-0.4, -0.2) is 38.9 Å². The van der Waals surface area contributed by atoms with Gasteiger partial charge in [0.15, 0.2) is 23.0 Å². The Bertz CT molecular complexity index is 839. The van der Waals surface area contributed by atoms with Crippen LogP contribution in [0, 0.1) is 0 Å². The molecule has 0 saturated carbocycles. The molecule has 2 aliphatic heterocycles. The molecule has 2 heterocycles. The van der Waals surface area contributed by atoms with Crippen LogP contribution in [0.4, 0.5) is 0 Å². The van der Waals surface area contributed by atoms with Gasteiger partial charge in [0.1, 0.15) is 26.4 Å². The Kier molecular flexibility index (Phi) is 4.75. The van der Waals surface area contributed by atoms with Gasteiger partial charge in [-0.1, -0.05) is 11.6 Å². The Hall–Kier alpha value is -2.60. The number of rotatable bonds is 4. The molecule has 0 unspecified atom stereocenters. The zero-order valence-electron chi connectivity index (χ0n) is 14.0. The van der Waals surface area contributed by atoms with Crippen molar-refractivity contribution < 1.29 is 23.7 Å². The van der Waals surface area contributed by atoms with E-state index in [-0.39, 0.29) is 5.91 Å². The summed E-state index contributed by atoms with van der Waals surface area (Å²) < 4.78 is 22.0. The van der Waals surface area contributed by atoms with E-state index in [9.17, 15) is 4.79 Å². The zero-order valence-corrected chi connectivity index (χ0v) is 14.8. The molecule has 136 valence electrons. The van der Waals surface area contributed by atoms with E-state index < -0.39 is 0 Å². The molecule has 0 fully saturated rings. The third kappa shape index (κ3) is 3.51. The molecule has 0 bridgehead atoms. The molecule has 0 spiro atoms. The van der Waals surface area contributed by atoms with Crippen molar-refractivity contribution >= 4 is 17.5 Å². The molecule has 0 radical (unpaired) electrons. The highest BCUT2D eigenvalue weighted by molar-refractivity contribution is 6.32. The van der Waals surface area contributed by atoms with Gasteiger partial charge in [-0.25, -0.2) is 0 Å². The first-order valence-corrected chi connectivity index (χ1v) is 8.84.